The monoisotopic (exact) mass is 747 g/mol. The van der Waals surface area contributed by atoms with E-state index in [0.717, 1.165) is 0 Å². The SMILES string of the molecule is CC[C@H]1OC(=O)[C@H](C)[C@@H](O[C@H]2C[C@@](C)(OC)[C@@H](O)[C@H](C)O2)[C@H](C)[C@@H](O[C@H]2O[C@@H](C)C[C@@H](N(C)C)[C@@H]2O)[C@](C)(OC)C[C@@H](C)C(=O)[C@H](C)[C@@H](O)[C@]1(C)O. The van der Waals surface area contributed by atoms with Crippen molar-refractivity contribution >= 4 is 11.8 Å². The molecule has 0 aromatic carbocycles. The molecule has 3 aliphatic rings. The van der Waals surface area contributed by atoms with Gasteiger partial charge in [0.15, 0.2) is 12.6 Å². The molecule has 3 aliphatic heterocycles. The van der Waals surface area contributed by atoms with Gasteiger partial charge in [0.25, 0.3) is 0 Å². The third kappa shape index (κ3) is 9.38. The summed E-state index contributed by atoms with van der Waals surface area (Å²) in [6, 6.07) is -0.283. The second-order valence-electron chi connectivity index (χ2n) is 16.6. The third-order valence-electron chi connectivity index (χ3n) is 12.3. The number of nitrogens with zero attached hydrogens (tertiary/aromatic N) is 1. The number of likely N-dealkylation sites (N-methyl/N-ethyl adjacent to an activating group) is 1. The van der Waals surface area contributed by atoms with Crippen molar-refractivity contribution in [3.05, 3.63) is 0 Å². The van der Waals surface area contributed by atoms with Gasteiger partial charge in [-0.15, -0.1) is 0 Å². The zero-order valence-electron chi connectivity index (χ0n) is 33.9. The molecule has 52 heavy (non-hydrogen) atoms. The molecule has 3 heterocycles. The number of carbonyl (C=O) groups excluding carboxylic acids is 2. The first-order valence-electron chi connectivity index (χ1n) is 18.9. The standard InChI is InChI=1S/C38H69NO13/c1-15-26-38(10,45)31(42)21(4)28(40)19(2)17-37(9,47-14)33(52-35-29(41)25(39(11)12)16-20(3)48-35)22(5)30(23(6)34(44)50-26)51-27-18-36(8,46-13)32(43)24(7)49-27/h19-27,29-33,35,41-43,45H,15-18H2,1-14H3/t19-,20+,21+,22+,23-,24+,25-,26-,27+,29+,30+,31-,32+,33-,35-,36-,37-,38-/m1/s1. The van der Waals surface area contributed by atoms with E-state index in [9.17, 15) is 30.0 Å². The topological polar surface area (TPSA) is 183 Å². The van der Waals surface area contributed by atoms with Crippen LogP contribution in [0.3, 0.4) is 0 Å². The van der Waals surface area contributed by atoms with Crippen molar-refractivity contribution in [1.82, 2.24) is 4.90 Å². The molecule has 304 valence electrons. The van der Waals surface area contributed by atoms with E-state index >= 15 is 0 Å². The molecule has 3 saturated heterocycles. The van der Waals surface area contributed by atoms with Crippen LogP contribution in [0.1, 0.15) is 94.9 Å². The maximum Gasteiger partial charge on any atom is 0.311 e. The van der Waals surface area contributed by atoms with Crippen LogP contribution in [0.15, 0.2) is 0 Å². The molecule has 3 rings (SSSR count). The second kappa shape index (κ2) is 17.7. The predicted molar refractivity (Wildman–Crippen MR) is 191 cm³/mol. The molecule has 0 unspecified atom stereocenters. The lowest BCUT2D eigenvalue weighted by atomic mass is 9.74. The molecule has 14 nitrogen and oxygen atoms in total. The molecule has 14 heteroatoms. The van der Waals surface area contributed by atoms with Crippen LogP contribution < -0.4 is 0 Å². The third-order valence-corrected chi connectivity index (χ3v) is 12.3. The van der Waals surface area contributed by atoms with E-state index in [4.69, 9.17) is 33.2 Å². The van der Waals surface area contributed by atoms with Gasteiger partial charge in [-0.25, -0.2) is 0 Å². The van der Waals surface area contributed by atoms with Crippen LogP contribution in [0, 0.1) is 23.7 Å². The van der Waals surface area contributed by atoms with E-state index < -0.39 is 102 Å². The van der Waals surface area contributed by atoms with Gasteiger partial charge in [0.1, 0.15) is 29.7 Å². The number of aliphatic hydroxyl groups excluding tert-OH is 3. The minimum absolute atomic E-state index is 0.111. The van der Waals surface area contributed by atoms with Gasteiger partial charge in [-0.05, 0) is 74.9 Å². The quantitative estimate of drug-likeness (QED) is 0.266. The summed E-state index contributed by atoms with van der Waals surface area (Å²) in [5, 5.41) is 45.6. The molecule has 0 aromatic rings. The van der Waals surface area contributed by atoms with Crippen molar-refractivity contribution in [3.63, 3.8) is 0 Å². The molecular weight excluding hydrogens is 678 g/mol. The first kappa shape index (κ1) is 45.1. The Morgan fingerprint density at radius 1 is 0.846 bits per heavy atom. The summed E-state index contributed by atoms with van der Waals surface area (Å²) < 4.78 is 43.9. The summed E-state index contributed by atoms with van der Waals surface area (Å²) >= 11 is 0. The van der Waals surface area contributed by atoms with Crippen LogP contribution >= 0.6 is 0 Å². The van der Waals surface area contributed by atoms with Crippen molar-refractivity contribution in [1.29, 1.82) is 0 Å². The Balaban J connectivity index is 2.22. The van der Waals surface area contributed by atoms with Crippen LogP contribution in [0.4, 0.5) is 0 Å². The number of methoxy groups -OCH3 is 2. The van der Waals surface area contributed by atoms with Crippen LogP contribution in [0.2, 0.25) is 0 Å². The highest BCUT2D eigenvalue weighted by Gasteiger charge is 2.54. The van der Waals surface area contributed by atoms with Crippen molar-refractivity contribution < 1.29 is 63.2 Å². The molecule has 3 fully saturated rings. The Morgan fingerprint density at radius 2 is 1.44 bits per heavy atom. The highest BCUT2D eigenvalue weighted by Crippen LogP contribution is 2.41. The van der Waals surface area contributed by atoms with Crippen molar-refractivity contribution in [2.75, 3.05) is 28.3 Å². The molecule has 0 saturated carbocycles. The van der Waals surface area contributed by atoms with E-state index in [1.165, 1.54) is 21.1 Å². The van der Waals surface area contributed by atoms with E-state index in [0.29, 0.717) is 6.42 Å². The fraction of sp³-hybridized carbons (Fsp3) is 0.947. The number of aliphatic hydroxyl groups is 4. The van der Waals surface area contributed by atoms with Crippen LogP contribution in [0.25, 0.3) is 0 Å². The number of carbonyl (C=O) groups is 2. The Hall–Kier alpha value is -1.30. The highest BCUT2D eigenvalue weighted by molar-refractivity contribution is 5.83. The van der Waals surface area contributed by atoms with E-state index in [2.05, 4.69) is 0 Å². The maximum absolute atomic E-state index is 14.2. The largest absolute Gasteiger partial charge is 0.459 e. The van der Waals surface area contributed by atoms with Gasteiger partial charge in [-0.1, -0.05) is 27.7 Å². The smallest absolute Gasteiger partial charge is 0.311 e. The fourth-order valence-electron chi connectivity index (χ4n) is 8.58. The van der Waals surface area contributed by atoms with Crippen LogP contribution in [-0.2, 0) is 42.7 Å². The molecule has 0 bridgehead atoms. The van der Waals surface area contributed by atoms with Crippen molar-refractivity contribution in [2.24, 2.45) is 23.7 Å². The number of esters is 1. The summed E-state index contributed by atoms with van der Waals surface area (Å²) in [6.45, 7) is 17.1. The second-order valence-corrected chi connectivity index (χ2v) is 16.6. The first-order chi connectivity index (χ1) is 24.0. The minimum atomic E-state index is -1.96. The van der Waals surface area contributed by atoms with Gasteiger partial charge < -0.3 is 58.5 Å². The van der Waals surface area contributed by atoms with Gasteiger partial charge in [0, 0.05) is 44.4 Å². The summed E-state index contributed by atoms with van der Waals surface area (Å²) in [6.07, 6.45) is -8.73. The normalized spacial score (nSPS) is 49.0. The number of hydrogen-bond acceptors (Lipinski definition) is 14. The summed E-state index contributed by atoms with van der Waals surface area (Å²) in [7, 11) is 6.77. The molecule has 0 radical (unpaired) electrons. The molecule has 0 amide bonds. The van der Waals surface area contributed by atoms with Crippen molar-refractivity contribution in [2.45, 2.75) is 179 Å². The van der Waals surface area contributed by atoms with Crippen LogP contribution in [0.5, 0.6) is 0 Å². The predicted octanol–water partition coefficient (Wildman–Crippen LogP) is 2.44. The van der Waals surface area contributed by atoms with Crippen molar-refractivity contribution in [3.8, 4) is 0 Å². The molecule has 0 aromatic heterocycles. The lowest BCUT2D eigenvalue weighted by molar-refractivity contribution is -0.319. The Morgan fingerprint density at radius 3 is 1.98 bits per heavy atom. The molecule has 4 N–H and O–H groups in total. The summed E-state index contributed by atoms with van der Waals surface area (Å²) in [5.41, 5.74) is -4.24. The average Bonchev–Trinajstić information content (AvgIpc) is 3.09. The average molecular weight is 748 g/mol. The van der Waals surface area contributed by atoms with Gasteiger partial charge in [0.2, 0.25) is 0 Å². The summed E-state index contributed by atoms with van der Waals surface area (Å²) in [4.78, 5) is 30.1. The van der Waals surface area contributed by atoms with Gasteiger partial charge in [-0.2, -0.15) is 0 Å². The number of hydrogen-bond donors (Lipinski definition) is 4. The molecular formula is C38H69NO13. The van der Waals surface area contributed by atoms with Gasteiger partial charge >= 0.3 is 5.97 Å². The fourth-order valence-corrected chi connectivity index (χ4v) is 8.58. The van der Waals surface area contributed by atoms with Crippen LogP contribution in [-0.4, -0.2) is 150 Å². The number of ketones is 1. The number of Topliss-reactive ketones (excluding diaryl/α,β-unsaturated/α-hetero) is 1. The maximum atomic E-state index is 14.2. The lowest BCUT2D eigenvalue weighted by Gasteiger charge is -2.50. The Labute approximate surface area is 310 Å². The van der Waals surface area contributed by atoms with Gasteiger partial charge in [-0.3, -0.25) is 9.59 Å². The van der Waals surface area contributed by atoms with E-state index in [-0.39, 0.29) is 37.2 Å². The molecule has 0 aliphatic carbocycles. The zero-order valence-corrected chi connectivity index (χ0v) is 33.9. The molecule has 18 atom stereocenters. The zero-order chi connectivity index (χ0) is 39.7. The Kier molecular flexibility index (Phi) is 15.3. The number of cyclic esters (lactones) is 1. The highest BCUT2D eigenvalue weighted by atomic mass is 16.7. The lowest BCUT2D eigenvalue weighted by Crippen LogP contribution is -2.61. The summed E-state index contributed by atoms with van der Waals surface area (Å²) in [5.74, 6) is -4.47. The number of ether oxygens (including phenoxy) is 7. The minimum Gasteiger partial charge on any atom is -0.459 e. The Bertz CT molecular complexity index is 1190. The van der Waals surface area contributed by atoms with E-state index in [1.807, 2.05) is 32.8 Å². The first-order valence-corrected chi connectivity index (χ1v) is 18.9. The van der Waals surface area contributed by atoms with Gasteiger partial charge in [0.05, 0.1) is 47.6 Å². The molecule has 0 spiro atoms. The number of rotatable bonds is 8. The van der Waals surface area contributed by atoms with E-state index in [1.54, 1.807) is 48.5 Å².